The highest BCUT2D eigenvalue weighted by molar-refractivity contribution is 6.74. The van der Waals surface area contributed by atoms with E-state index < -0.39 is 38.4 Å². The van der Waals surface area contributed by atoms with E-state index in [0.717, 1.165) is 0 Å². The fourth-order valence-electron chi connectivity index (χ4n) is 2.49. The van der Waals surface area contributed by atoms with Crippen LogP contribution in [-0.2, 0) is 18.8 Å². The molecule has 6 nitrogen and oxygen atoms in total. The molecule has 0 radical (unpaired) electrons. The first-order valence-corrected chi connectivity index (χ1v) is 13.1. The van der Waals surface area contributed by atoms with Crippen LogP contribution in [0.25, 0.3) is 0 Å². The molecule has 164 valence electrons. The monoisotopic (exact) mass is 414 g/mol. The summed E-state index contributed by atoms with van der Waals surface area (Å²) in [5.74, 6) is -0.590. The summed E-state index contributed by atoms with van der Waals surface area (Å²) in [5, 5.41) is 2.78. The van der Waals surface area contributed by atoms with Crippen molar-refractivity contribution in [3.63, 3.8) is 0 Å². The summed E-state index contributed by atoms with van der Waals surface area (Å²) in [4.78, 5) is 25.2. The van der Waals surface area contributed by atoms with Gasteiger partial charge in [-0.2, -0.15) is 0 Å². The van der Waals surface area contributed by atoms with Crippen molar-refractivity contribution in [3.05, 3.63) is 12.7 Å². The van der Waals surface area contributed by atoms with E-state index in [1.807, 2.05) is 27.7 Å². The molecule has 0 unspecified atom stereocenters. The molecule has 3 N–H and O–H groups in total. The number of ether oxygens (including phenoxy) is 1. The lowest BCUT2D eigenvalue weighted by molar-refractivity contribution is -0.147. The summed E-state index contributed by atoms with van der Waals surface area (Å²) in [5.41, 5.74) is 6.31. The molecule has 0 fully saturated rings. The Kier molecular flexibility index (Phi) is 10.6. The fraction of sp³-hybridized carbons (Fsp3) is 0.810. The van der Waals surface area contributed by atoms with E-state index >= 15 is 0 Å². The highest BCUT2D eigenvalue weighted by Crippen LogP contribution is 2.38. The lowest BCUT2D eigenvalue weighted by atomic mass is 9.98. The quantitative estimate of drug-likeness (QED) is 0.306. The number of nitrogens with two attached hydrogens (primary N) is 1. The van der Waals surface area contributed by atoms with Gasteiger partial charge in [0.05, 0.1) is 6.10 Å². The third-order valence-corrected chi connectivity index (χ3v) is 9.68. The van der Waals surface area contributed by atoms with E-state index in [0.29, 0.717) is 6.42 Å². The predicted octanol–water partition coefficient (Wildman–Crippen LogP) is 3.62. The normalized spacial score (nSPS) is 15.9. The van der Waals surface area contributed by atoms with Crippen molar-refractivity contribution in [2.45, 2.75) is 91.2 Å². The number of amides is 1. The van der Waals surface area contributed by atoms with Crippen LogP contribution in [-0.4, -0.2) is 45.0 Å². The third-order valence-electron chi connectivity index (χ3n) is 5.20. The van der Waals surface area contributed by atoms with Crippen LogP contribution in [0.2, 0.25) is 18.1 Å². The molecular weight excluding hydrogens is 372 g/mol. The summed E-state index contributed by atoms with van der Waals surface area (Å²) in [6.07, 6.45) is 1.55. The van der Waals surface area contributed by atoms with Gasteiger partial charge < -0.3 is 20.2 Å². The zero-order valence-electron chi connectivity index (χ0n) is 19.3. The van der Waals surface area contributed by atoms with E-state index in [2.05, 4.69) is 45.8 Å². The number of hydrogen-bond acceptors (Lipinski definition) is 5. The molecule has 0 rings (SSSR count). The Balaban J connectivity index is 5.36. The first-order valence-electron chi connectivity index (χ1n) is 10.1. The number of hydrogen-bond donors (Lipinski definition) is 2. The first kappa shape index (κ1) is 26.8. The maximum atomic E-state index is 12.9. The summed E-state index contributed by atoms with van der Waals surface area (Å²) >= 11 is 0. The Morgan fingerprint density at radius 3 is 2.11 bits per heavy atom. The summed E-state index contributed by atoms with van der Waals surface area (Å²) < 4.78 is 11.6. The number of esters is 1. The second-order valence-electron chi connectivity index (χ2n) is 9.72. The van der Waals surface area contributed by atoms with Gasteiger partial charge in [-0.3, -0.25) is 4.79 Å². The minimum atomic E-state index is -2.11. The predicted molar refractivity (Wildman–Crippen MR) is 117 cm³/mol. The van der Waals surface area contributed by atoms with Gasteiger partial charge in [0.1, 0.15) is 18.7 Å². The van der Waals surface area contributed by atoms with Gasteiger partial charge in [0.25, 0.3) is 0 Å². The van der Waals surface area contributed by atoms with Gasteiger partial charge in [0.15, 0.2) is 8.32 Å². The minimum Gasteiger partial charge on any atom is -0.460 e. The molecule has 0 aromatic carbocycles. The maximum Gasteiger partial charge on any atom is 0.328 e. The van der Waals surface area contributed by atoms with Crippen molar-refractivity contribution >= 4 is 20.2 Å². The molecule has 0 aromatic rings. The standard InChI is InChI=1S/C21H42N2O4Si/c1-11-12-26-20(25)16(13-14(2)3)23-19(24)17(22)18(15(4)5)27-28(9,10)21(6,7)8/h11,14-18H,1,12-13,22H2,2-10H3,(H,23,24)/t16-,17-,18+/m0/s1. The number of carbonyl (C=O) groups excluding carboxylic acids is 2. The molecule has 1 amide bonds. The highest BCUT2D eigenvalue weighted by Gasteiger charge is 2.42. The Labute approximate surface area is 172 Å². The molecule has 0 aliphatic carbocycles. The molecule has 0 saturated carbocycles. The van der Waals surface area contributed by atoms with Crippen molar-refractivity contribution in [1.29, 1.82) is 0 Å². The Bertz CT molecular complexity index is 527. The Hall–Kier alpha value is -1.18. The van der Waals surface area contributed by atoms with Crippen molar-refractivity contribution in [2.24, 2.45) is 17.6 Å². The van der Waals surface area contributed by atoms with Crippen LogP contribution in [0, 0.1) is 11.8 Å². The maximum absolute atomic E-state index is 12.9. The van der Waals surface area contributed by atoms with Gasteiger partial charge in [-0.25, -0.2) is 4.79 Å². The van der Waals surface area contributed by atoms with E-state index in [4.69, 9.17) is 14.9 Å². The lowest BCUT2D eigenvalue weighted by Crippen LogP contribution is -2.58. The third kappa shape index (κ3) is 8.45. The van der Waals surface area contributed by atoms with Crippen LogP contribution >= 0.6 is 0 Å². The molecule has 0 heterocycles. The zero-order chi connectivity index (χ0) is 22.3. The van der Waals surface area contributed by atoms with Gasteiger partial charge in [-0.15, -0.1) is 0 Å². The van der Waals surface area contributed by atoms with E-state index in [-0.39, 0.29) is 23.5 Å². The summed E-state index contributed by atoms with van der Waals surface area (Å²) in [7, 11) is -2.11. The van der Waals surface area contributed by atoms with E-state index in [9.17, 15) is 9.59 Å². The molecule has 0 spiro atoms. The lowest BCUT2D eigenvalue weighted by Gasteiger charge is -2.42. The smallest absolute Gasteiger partial charge is 0.328 e. The second kappa shape index (κ2) is 11.1. The van der Waals surface area contributed by atoms with Crippen molar-refractivity contribution < 1.29 is 18.8 Å². The molecule has 7 heteroatoms. The molecule has 3 atom stereocenters. The fourth-order valence-corrected chi connectivity index (χ4v) is 3.94. The van der Waals surface area contributed by atoms with Crippen LogP contribution in [0.4, 0.5) is 0 Å². The van der Waals surface area contributed by atoms with Crippen LogP contribution in [0.3, 0.4) is 0 Å². The van der Waals surface area contributed by atoms with E-state index in [1.54, 1.807) is 0 Å². The Morgan fingerprint density at radius 1 is 1.18 bits per heavy atom. The average Bonchev–Trinajstić information content (AvgIpc) is 2.54. The first-order chi connectivity index (χ1) is 12.6. The van der Waals surface area contributed by atoms with Gasteiger partial charge in [0.2, 0.25) is 5.91 Å². The van der Waals surface area contributed by atoms with Crippen LogP contribution in [0.15, 0.2) is 12.7 Å². The number of carbonyl (C=O) groups is 2. The largest absolute Gasteiger partial charge is 0.460 e. The molecule has 0 aliphatic heterocycles. The topological polar surface area (TPSA) is 90.7 Å². The number of nitrogens with one attached hydrogen (secondary N) is 1. The van der Waals surface area contributed by atoms with Crippen LogP contribution in [0.1, 0.15) is 54.9 Å². The molecule has 28 heavy (non-hydrogen) atoms. The van der Waals surface area contributed by atoms with Gasteiger partial charge in [-0.1, -0.05) is 61.1 Å². The molecule has 0 aliphatic rings. The van der Waals surface area contributed by atoms with Crippen molar-refractivity contribution in [2.75, 3.05) is 6.61 Å². The number of rotatable bonds is 11. The SMILES string of the molecule is C=CCOC(=O)[C@H](CC(C)C)NC(=O)[C@@H](N)[C@H](O[Si](C)(C)C(C)(C)C)C(C)C. The summed E-state index contributed by atoms with van der Waals surface area (Å²) in [6.45, 7) is 22.3. The van der Waals surface area contributed by atoms with Crippen molar-refractivity contribution in [3.8, 4) is 0 Å². The van der Waals surface area contributed by atoms with Crippen molar-refractivity contribution in [1.82, 2.24) is 5.32 Å². The van der Waals surface area contributed by atoms with Gasteiger partial charge in [0, 0.05) is 0 Å². The van der Waals surface area contributed by atoms with E-state index in [1.165, 1.54) is 6.08 Å². The summed E-state index contributed by atoms with van der Waals surface area (Å²) in [6, 6.07) is -1.60. The van der Waals surface area contributed by atoms with Gasteiger partial charge in [-0.05, 0) is 36.4 Å². The van der Waals surface area contributed by atoms with Crippen LogP contribution in [0.5, 0.6) is 0 Å². The molecule has 0 aromatic heterocycles. The highest BCUT2D eigenvalue weighted by atomic mass is 28.4. The van der Waals surface area contributed by atoms with Gasteiger partial charge >= 0.3 is 5.97 Å². The minimum absolute atomic E-state index is 0.00497. The Morgan fingerprint density at radius 2 is 1.71 bits per heavy atom. The molecule has 0 saturated heterocycles. The van der Waals surface area contributed by atoms with Crippen LogP contribution < -0.4 is 11.1 Å². The average molecular weight is 415 g/mol. The second-order valence-corrected chi connectivity index (χ2v) is 14.5. The molecule has 0 bridgehead atoms. The molecular formula is C21H42N2O4Si. The zero-order valence-corrected chi connectivity index (χ0v) is 20.3.